The summed E-state index contributed by atoms with van der Waals surface area (Å²) in [4.78, 5) is 15.8. The minimum Gasteiger partial charge on any atom is -0.328 e. The Labute approximate surface area is 110 Å². The van der Waals surface area contributed by atoms with E-state index in [1.807, 2.05) is 0 Å². The van der Waals surface area contributed by atoms with Gasteiger partial charge in [0, 0.05) is 23.5 Å². The molecule has 2 aromatic rings. The molecule has 1 aromatic heterocycles. The van der Waals surface area contributed by atoms with Gasteiger partial charge in [-0.05, 0) is 18.2 Å². The first kappa shape index (κ1) is 12.6. The highest BCUT2D eigenvalue weighted by Crippen LogP contribution is 2.14. The van der Waals surface area contributed by atoms with Crippen molar-refractivity contribution < 1.29 is 4.79 Å². The third kappa shape index (κ3) is 3.32. The molecule has 0 aliphatic carbocycles. The Morgan fingerprint density at radius 3 is 3.00 bits per heavy atom. The zero-order chi connectivity index (χ0) is 13.0. The van der Waals surface area contributed by atoms with Gasteiger partial charge in [0.2, 0.25) is 5.91 Å². The number of nitrogens with one attached hydrogen (secondary N) is 1. The number of hydrogen-bond donors (Lipinski definition) is 2. The number of aromatic nitrogens is 2. The third-order valence-corrected chi connectivity index (χ3v) is 2.57. The van der Waals surface area contributed by atoms with Gasteiger partial charge in [-0.25, -0.2) is 4.98 Å². The van der Waals surface area contributed by atoms with Crippen LogP contribution in [0.4, 0.5) is 5.69 Å². The van der Waals surface area contributed by atoms with E-state index in [2.05, 4.69) is 10.3 Å². The van der Waals surface area contributed by atoms with Crippen LogP contribution in [-0.4, -0.2) is 15.5 Å². The summed E-state index contributed by atoms with van der Waals surface area (Å²) in [6, 6.07) is 7.00. The predicted octanol–water partition coefficient (Wildman–Crippen LogP) is 1.63. The molecule has 0 fully saturated rings. The zero-order valence-electron chi connectivity index (χ0n) is 9.64. The maximum Gasteiger partial charge on any atom is 0.244 e. The molecule has 0 saturated carbocycles. The van der Waals surface area contributed by atoms with E-state index < -0.39 is 0 Å². The summed E-state index contributed by atoms with van der Waals surface area (Å²) in [5.41, 5.74) is 6.87. The predicted molar refractivity (Wildman–Crippen MR) is 70.2 cm³/mol. The van der Waals surface area contributed by atoms with Crippen molar-refractivity contribution in [1.29, 1.82) is 0 Å². The van der Waals surface area contributed by atoms with Gasteiger partial charge in [0.05, 0.1) is 12.0 Å². The summed E-state index contributed by atoms with van der Waals surface area (Å²) in [6.45, 7) is 0.558. The number of amides is 1. The van der Waals surface area contributed by atoms with Crippen molar-refractivity contribution in [3.8, 4) is 0 Å². The third-order valence-electron chi connectivity index (χ3n) is 2.33. The number of carbonyl (C=O) groups excluding carboxylic acids is 1. The highest BCUT2D eigenvalue weighted by Gasteiger charge is 2.04. The van der Waals surface area contributed by atoms with Crippen LogP contribution in [0.5, 0.6) is 0 Å². The largest absolute Gasteiger partial charge is 0.328 e. The lowest BCUT2D eigenvalue weighted by molar-refractivity contribution is -0.116. The number of nitrogens with zero attached hydrogens (tertiary/aromatic N) is 2. The Morgan fingerprint density at radius 1 is 1.50 bits per heavy atom. The molecule has 0 atom stereocenters. The summed E-state index contributed by atoms with van der Waals surface area (Å²) in [7, 11) is 0. The van der Waals surface area contributed by atoms with Crippen LogP contribution in [0, 0.1) is 0 Å². The van der Waals surface area contributed by atoms with Crippen LogP contribution in [0.25, 0.3) is 0 Å². The number of rotatable bonds is 4. The Morgan fingerprint density at radius 2 is 2.33 bits per heavy atom. The van der Waals surface area contributed by atoms with Gasteiger partial charge >= 0.3 is 0 Å². The fourth-order valence-corrected chi connectivity index (χ4v) is 1.72. The van der Waals surface area contributed by atoms with Gasteiger partial charge in [0.1, 0.15) is 6.54 Å². The molecule has 1 heterocycles. The van der Waals surface area contributed by atoms with Crippen molar-refractivity contribution in [1.82, 2.24) is 9.55 Å². The minimum atomic E-state index is -0.141. The summed E-state index contributed by atoms with van der Waals surface area (Å²) in [6.07, 6.45) is 3.33. The van der Waals surface area contributed by atoms with E-state index in [-0.39, 0.29) is 12.5 Å². The van der Waals surface area contributed by atoms with Gasteiger partial charge in [-0.15, -0.1) is 0 Å². The molecule has 0 saturated heterocycles. The number of hydrogen-bond acceptors (Lipinski definition) is 3. The Hall–Kier alpha value is -1.85. The number of benzene rings is 1. The second-order valence-corrected chi connectivity index (χ2v) is 4.24. The molecule has 94 valence electrons. The number of carbonyl (C=O) groups is 1. The molecule has 0 unspecified atom stereocenters. The van der Waals surface area contributed by atoms with Gasteiger partial charge in [0.15, 0.2) is 0 Å². The van der Waals surface area contributed by atoms with Crippen molar-refractivity contribution in [2.24, 2.45) is 5.73 Å². The van der Waals surface area contributed by atoms with Crippen LogP contribution >= 0.6 is 11.6 Å². The Balaban J connectivity index is 1.96. The zero-order valence-corrected chi connectivity index (χ0v) is 10.4. The molecule has 2 rings (SSSR count). The van der Waals surface area contributed by atoms with Crippen LogP contribution < -0.4 is 11.1 Å². The molecular weight excluding hydrogens is 252 g/mol. The number of anilines is 1. The van der Waals surface area contributed by atoms with Gasteiger partial charge in [0.25, 0.3) is 0 Å². The van der Waals surface area contributed by atoms with Crippen molar-refractivity contribution >= 4 is 23.2 Å². The minimum absolute atomic E-state index is 0.141. The van der Waals surface area contributed by atoms with E-state index in [0.29, 0.717) is 17.3 Å². The SMILES string of the molecule is NCc1cn(CC(=O)Nc2cccc(Cl)c2)cn1. The smallest absolute Gasteiger partial charge is 0.244 e. The number of halogens is 1. The quantitative estimate of drug-likeness (QED) is 0.882. The normalized spacial score (nSPS) is 10.3. The number of imidazole rings is 1. The molecule has 18 heavy (non-hydrogen) atoms. The molecule has 1 aromatic carbocycles. The summed E-state index contributed by atoms with van der Waals surface area (Å²) in [5, 5.41) is 3.34. The Bertz CT molecular complexity index is 553. The second kappa shape index (κ2) is 5.66. The van der Waals surface area contributed by atoms with Crippen molar-refractivity contribution in [3.05, 3.63) is 47.5 Å². The summed E-state index contributed by atoms with van der Waals surface area (Å²) in [5.74, 6) is -0.141. The van der Waals surface area contributed by atoms with E-state index >= 15 is 0 Å². The fourth-order valence-electron chi connectivity index (χ4n) is 1.53. The maximum atomic E-state index is 11.8. The number of nitrogens with two attached hydrogens (primary N) is 1. The molecule has 0 aliphatic heterocycles. The van der Waals surface area contributed by atoms with Crippen LogP contribution in [0.2, 0.25) is 5.02 Å². The second-order valence-electron chi connectivity index (χ2n) is 3.80. The molecule has 0 radical (unpaired) electrons. The summed E-state index contributed by atoms with van der Waals surface area (Å²) >= 11 is 5.83. The first-order valence-electron chi connectivity index (χ1n) is 5.43. The first-order chi connectivity index (χ1) is 8.67. The standard InChI is InChI=1S/C12H13ClN4O/c13-9-2-1-3-10(4-9)16-12(18)7-17-6-11(5-14)15-8-17/h1-4,6,8H,5,7,14H2,(H,16,18). The van der Waals surface area contributed by atoms with Gasteiger partial charge < -0.3 is 15.6 Å². The lowest BCUT2D eigenvalue weighted by Crippen LogP contribution is -2.17. The van der Waals surface area contributed by atoms with Crippen molar-refractivity contribution in [3.63, 3.8) is 0 Å². The van der Waals surface area contributed by atoms with Gasteiger partial charge in [-0.2, -0.15) is 0 Å². The van der Waals surface area contributed by atoms with Crippen molar-refractivity contribution in [2.75, 3.05) is 5.32 Å². The average molecular weight is 265 g/mol. The van der Waals surface area contributed by atoms with Crippen LogP contribution in [-0.2, 0) is 17.9 Å². The maximum absolute atomic E-state index is 11.8. The Kier molecular flexibility index (Phi) is 3.96. The highest BCUT2D eigenvalue weighted by atomic mass is 35.5. The lowest BCUT2D eigenvalue weighted by Gasteiger charge is -2.05. The van der Waals surface area contributed by atoms with E-state index in [4.69, 9.17) is 17.3 Å². The van der Waals surface area contributed by atoms with Crippen LogP contribution in [0.1, 0.15) is 5.69 Å². The molecular formula is C12H13ClN4O. The van der Waals surface area contributed by atoms with Crippen molar-refractivity contribution in [2.45, 2.75) is 13.1 Å². The van der Waals surface area contributed by atoms with E-state index in [1.165, 1.54) is 0 Å². The first-order valence-corrected chi connectivity index (χ1v) is 5.81. The van der Waals surface area contributed by atoms with Gasteiger partial charge in [-0.3, -0.25) is 4.79 Å². The monoisotopic (exact) mass is 264 g/mol. The fraction of sp³-hybridized carbons (Fsp3) is 0.167. The van der Waals surface area contributed by atoms with E-state index in [0.717, 1.165) is 5.69 Å². The molecule has 0 spiro atoms. The lowest BCUT2D eigenvalue weighted by atomic mass is 10.3. The van der Waals surface area contributed by atoms with Crippen LogP contribution in [0.15, 0.2) is 36.8 Å². The molecule has 5 nitrogen and oxygen atoms in total. The molecule has 0 aliphatic rings. The molecule has 3 N–H and O–H groups in total. The highest BCUT2D eigenvalue weighted by molar-refractivity contribution is 6.30. The van der Waals surface area contributed by atoms with Crippen LogP contribution in [0.3, 0.4) is 0 Å². The van der Waals surface area contributed by atoms with E-state index in [9.17, 15) is 4.79 Å². The molecule has 1 amide bonds. The van der Waals surface area contributed by atoms with Gasteiger partial charge in [-0.1, -0.05) is 17.7 Å². The summed E-state index contributed by atoms with van der Waals surface area (Å²) < 4.78 is 1.68. The van der Waals surface area contributed by atoms with E-state index in [1.54, 1.807) is 41.4 Å². The average Bonchev–Trinajstić information content (AvgIpc) is 2.76. The molecule has 0 bridgehead atoms. The molecule has 6 heteroatoms. The topological polar surface area (TPSA) is 72.9 Å².